The maximum Gasteiger partial charge on any atom is 0.120 e. The van der Waals surface area contributed by atoms with Gasteiger partial charge in [0.05, 0.1) is 14.2 Å². The van der Waals surface area contributed by atoms with Gasteiger partial charge in [-0.05, 0) is 172 Å². The Kier molecular flexibility index (Phi) is 17.3. The third kappa shape index (κ3) is 13.3. The number of rotatable bonds is 10. The van der Waals surface area contributed by atoms with Crippen molar-refractivity contribution in [3.63, 3.8) is 0 Å². The second-order valence-electron chi connectivity index (χ2n) is 19.4. The molecule has 6 heteroatoms. The van der Waals surface area contributed by atoms with E-state index in [0.717, 1.165) is 28.6 Å². The van der Waals surface area contributed by atoms with Crippen LogP contribution < -0.4 is 29.1 Å². The molecule has 12 aromatic carbocycles. The van der Waals surface area contributed by atoms with Crippen molar-refractivity contribution in [3.05, 3.63) is 278 Å². The highest BCUT2D eigenvalue weighted by Crippen LogP contribution is 2.32. The first-order chi connectivity index (χ1) is 38.0. The lowest BCUT2D eigenvalue weighted by Gasteiger charge is -2.20. The Balaban J connectivity index is 0.000000126. The van der Waals surface area contributed by atoms with E-state index < -0.39 is 0 Å². The molecule has 0 spiro atoms. The van der Waals surface area contributed by atoms with Crippen molar-refractivity contribution >= 4 is 88.6 Å². The maximum absolute atomic E-state index is 5.28. The molecule has 12 rings (SSSR count). The molecule has 0 aliphatic heterocycles. The molecule has 0 saturated heterocycles. The molecule has 0 fully saturated rings. The predicted octanol–water partition coefficient (Wildman–Crippen LogP) is 19.1. The Hall–Kier alpha value is -9.52. The summed E-state index contributed by atoms with van der Waals surface area (Å²) in [7, 11) is 11.7. The van der Waals surface area contributed by atoms with Crippen molar-refractivity contribution in [3.8, 4) is 11.5 Å². The van der Waals surface area contributed by atoms with Gasteiger partial charge in [-0.25, -0.2) is 0 Å². The van der Waals surface area contributed by atoms with Crippen LogP contribution in [-0.4, -0.2) is 42.4 Å². The molecule has 0 unspecified atom stereocenters. The standard InChI is InChI=1S/2C18H17NO.2C18H17N/c1-19(16-8-5-9-18(13-16)20-2)17-11-10-14-6-3-4-7-15(14)12-17;1-19(16-9-11-18(20-2)12-10-16)17-8-7-14-5-3-4-6-15(14)13-17;1-14-6-5-9-17(12-14)19(2)18-11-10-15-7-3-4-8-16(15)13-18;1-14-7-10-17(11-8-14)19(2)18-12-9-15-5-3-4-6-16(15)13-18/h2*3-13H,1-2H3;2*3-13H,1-2H3. The molecule has 0 heterocycles. The van der Waals surface area contributed by atoms with Gasteiger partial charge in [-0.1, -0.05) is 157 Å². The molecule has 0 saturated carbocycles. The lowest BCUT2D eigenvalue weighted by Crippen LogP contribution is -2.09. The highest BCUT2D eigenvalue weighted by Gasteiger charge is 2.09. The molecule has 12 aromatic rings. The normalized spacial score (nSPS) is 10.6. The van der Waals surface area contributed by atoms with Gasteiger partial charge in [0, 0.05) is 79.8 Å². The van der Waals surface area contributed by atoms with E-state index in [4.69, 9.17) is 9.47 Å². The van der Waals surface area contributed by atoms with Gasteiger partial charge >= 0.3 is 0 Å². The van der Waals surface area contributed by atoms with Crippen LogP contribution in [0.25, 0.3) is 43.1 Å². The molecule has 388 valence electrons. The minimum absolute atomic E-state index is 0.870. The Labute approximate surface area is 461 Å². The zero-order valence-electron chi connectivity index (χ0n) is 46.0. The summed E-state index contributed by atoms with van der Waals surface area (Å²) in [6.45, 7) is 4.23. The molecule has 0 atom stereocenters. The van der Waals surface area contributed by atoms with Crippen LogP contribution in [0.4, 0.5) is 45.5 Å². The number of aryl methyl sites for hydroxylation is 2. The molecule has 0 amide bonds. The van der Waals surface area contributed by atoms with Gasteiger partial charge in [0.1, 0.15) is 11.5 Å². The number of hydrogen-bond donors (Lipinski definition) is 0. The van der Waals surface area contributed by atoms with E-state index in [2.05, 4.69) is 298 Å². The topological polar surface area (TPSA) is 31.4 Å². The van der Waals surface area contributed by atoms with Crippen LogP contribution in [0.3, 0.4) is 0 Å². The number of fused-ring (bicyclic) bond motifs is 4. The van der Waals surface area contributed by atoms with Crippen molar-refractivity contribution < 1.29 is 9.47 Å². The third-order valence-electron chi connectivity index (χ3n) is 14.2. The summed E-state index contributed by atoms with van der Waals surface area (Å²) in [5.41, 5.74) is 12.0. The van der Waals surface area contributed by atoms with E-state index in [1.807, 2.05) is 30.3 Å². The first kappa shape index (κ1) is 53.3. The van der Waals surface area contributed by atoms with Crippen LogP contribution in [0.5, 0.6) is 11.5 Å². The number of ether oxygens (including phenoxy) is 2. The summed E-state index contributed by atoms with van der Waals surface area (Å²) in [4.78, 5) is 8.77. The fourth-order valence-corrected chi connectivity index (χ4v) is 9.37. The van der Waals surface area contributed by atoms with Crippen LogP contribution in [0.2, 0.25) is 0 Å². The zero-order chi connectivity index (χ0) is 54.4. The minimum Gasteiger partial charge on any atom is -0.497 e. The van der Waals surface area contributed by atoms with Crippen LogP contribution in [0, 0.1) is 13.8 Å². The lowest BCUT2D eigenvalue weighted by molar-refractivity contribution is 0.415. The average Bonchev–Trinajstić information content (AvgIpc) is 3.52. The lowest BCUT2D eigenvalue weighted by atomic mass is 10.1. The molecule has 78 heavy (non-hydrogen) atoms. The second-order valence-corrected chi connectivity index (χ2v) is 19.4. The summed E-state index contributed by atoms with van der Waals surface area (Å²) in [6.07, 6.45) is 0. The molecule has 0 N–H and O–H groups in total. The van der Waals surface area contributed by atoms with Crippen LogP contribution >= 0.6 is 0 Å². The summed E-state index contributed by atoms with van der Waals surface area (Å²) in [5.74, 6) is 1.75. The summed E-state index contributed by atoms with van der Waals surface area (Å²) in [5, 5.41) is 10.1. The number of benzene rings is 12. The Morgan fingerprint density at radius 1 is 0.218 bits per heavy atom. The van der Waals surface area contributed by atoms with E-state index in [1.165, 1.54) is 82.7 Å². The smallest absolute Gasteiger partial charge is 0.120 e. The monoisotopic (exact) mass is 1020 g/mol. The van der Waals surface area contributed by atoms with Gasteiger partial charge in [0.2, 0.25) is 0 Å². The fourth-order valence-electron chi connectivity index (χ4n) is 9.37. The van der Waals surface area contributed by atoms with Crippen molar-refractivity contribution in [2.75, 3.05) is 62.0 Å². The number of methoxy groups -OCH3 is 2. The van der Waals surface area contributed by atoms with E-state index in [1.54, 1.807) is 14.2 Å². The molecular weight excluding hydrogens is 953 g/mol. The van der Waals surface area contributed by atoms with Crippen LogP contribution in [-0.2, 0) is 0 Å². The van der Waals surface area contributed by atoms with Gasteiger partial charge in [0.15, 0.2) is 0 Å². The molecule has 0 aliphatic carbocycles. The van der Waals surface area contributed by atoms with Crippen molar-refractivity contribution in [1.82, 2.24) is 0 Å². The molecule has 6 nitrogen and oxygen atoms in total. The van der Waals surface area contributed by atoms with Crippen molar-refractivity contribution in [2.45, 2.75) is 13.8 Å². The van der Waals surface area contributed by atoms with E-state index >= 15 is 0 Å². The first-order valence-electron chi connectivity index (χ1n) is 26.3. The largest absolute Gasteiger partial charge is 0.497 e. The minimum atomic E-state index is 0.870. The Bertz CT molecular complexity index is 3890. The van der Waals surface area contributed by atoms with Gasteiger partial charge in [0.25, 0.3) is 0 Å². The first-order valence-corrected chi connectivity index (χ1v) is 26.3. The molecule has 0 aliphatic rings. The maximum atomic E-state index is 5.28. The molecular formula is C72H68N4O2. The summed E-state index contributed by atoms with van der Waals surface area (Å²) in [6, 6.07) is 93.2. The summed E-state index contributed by atoms with van der Waals surface area (Å²) >= 11 is 0. The SMILES string of the molecule is COc1ccc(N(C)c2ccc3ccccc3c2)cc1.COc1cccc(N(C)c2ccc3ccccc3c2)c1.Cc1ccc(N(C)c2ccc3ccccc3c2)cc1.Cc1cccc(N(C)c2ccc3ccccc3c2)c1. The summed E-state index contributed by atoms with van der Waals surface area (Å²) < 4.78 is 10.5. The molecule has 0 bridgehead atoms. The number of anilines is 8. The second kappa shape index (κ2) is 25.3. The highest BCUT2D eigenvalue weighted by molar-refractivity contribution is 5.90. The average molecular weight is 1020 g/mol. The number of hydrogen-bond acceptors (Lipinski definition) is 6. The van der Waals surface area contributed by atoms with Gasteiger partial charge in [-0.15, -0.1) is 0 Å². The molecule has 0 aromatic heterocycles. The third-order valence-corrected chi connectivity index (χ3v) is 14.2. The Morgan fingerprint density at radius 3 is 0.872 bits per heavy atom. The highest BCUT2D eigenvalue weighted by atomic mass is 16.5. The van der Waals surface area contributed by atoms with E-state index in [9.17, 15) is 0 Å². The van der Waals surface area contributed by atoms with Gasteiger partial charge < -0.3 is 29.1 Å². The zero-order valence-corrected chi connectivity index (χ0v) is 46.0. The van der Waals surface area contributed by atoms with Crippen LogP contribution in [0.1, 0.15) is 11.1 Å². The van der Waals surface area contributed by atoms with Crippen LogP contribution in [0.15, 0.2) is 267 Å². The fraction of sp³-hybridized carbons (Fsp3) is 0.111. The Morgan fingerprint density at radius 2 is 0.513 bits per heavy atom. The van der Waals surface area contributed by atoms with Gasteiger partial charge in [-0.2, -0.15) is 0 Å². The van der Waals surface area contributed by atoms with Crippen molar-refractivity contribution in [2.24, 2.45) is 0 Å². The quantitative estimate of drug-likeness (QED) is 0.136. The van der Waals surface area contributed by atoms with E-state index in [-0.39, 0.29) is 0 Å². The van der Waals surface area contributed by atoms with Crippen molar-refractivity contribution in [1.29, 1.82) is 0 Å². The molecule has 0 radical (unpaired) electrons. The number of nitrogens with zero attached hydrogens (tertiary/aromatic N) is 4. The van der Waals surface area contributed by atoms with Gasteiger partial charge in [-0.3, -0.25) is 0 Å². The predicted molar refractivity (Wildman–Crippen MR) is 336 cm³/mol. The van der Waals surface area contributed by atoms with E-state index in [0.29, 0.717) is 0 Å².